The zero-order chi connectivity index (χ0) is 8.27. The predicted molar refractivity (Wildman–Crippen MR) is 40.1 cm³/mol. The molecule has 0 radical (unpaired) electrons. The highest BCUT2D eigenvalue weighted by atomic mass is 19.1. The Bertz CT molecular complexity index is 232. The molecule has 1 aromatic rings. The van der Waals surface area contributed by atoms with Crippen LogP contribution in [0.4, 0.5) is 4.39 Å². The van der Waals surface area contributed by atoms with E-state index in [1.54, 1.807) is 4.68 Å². The molecule has 0 aliphatic carbocycles. The SMILES string of the molecule is Cc1nc(C)n(CCCF)n1. The summed E-state index contributed by atoms with van der Waals surface area (Å²) in [7, 11) is 0. The van der Waals surface area contributed by atoms with Crippen LogP contribution in [0.15, 0.2) is 0 Å². The quantitative estimate of drug-likeness (QED) is 0.661. The Morgan fingerprint density at radius 3 is 2.64 bits per heavy atom. The predicted octanol–water partition coefficient (Wildman–Crippen LogP) is 1.25. The fourth-order valence-corrected chi connectivity index (χ4v) is 0.983. The lowest BCUT2D eigenvalue weighted by Crippen LogP contribution is -2.03. The van der Waals surface area contributed by atoms with Gasteiger partial charge in [-0.05, 0) is 20.3 Å². The second-order valence-electron chi connectivity index (χ2n) is 2.47. The van der Waals surface area contributed by atoms with Gasteiger partial charge in [0.1, 0.15) is 11.6 Å². The zero-order valence-corrected chi connectivity index (χ0v) is 6.84. The van der Waals surface area contributed by atoms with Crippen LogP contribution in [0.5, 0.6) is 0 Å². The highest BCUT2D eigenvalue weighted by Gasteiger charge is 2.00. The molecule has 0 aliphatic heterocycles. The number of hydrogen-bond donors (Lipinski definition) is 0. The van der Waals surface area contributed by atoms with E-state index in [0.717, 1.165) is 11.6 Å². The Morgan fingerprint density at radius 2 is 2.18 bits per heavy atom. The lowest BCUT2D eigenvalue weighted by molar-refractivity contribution is 0.430. The van der Waals surface area contributed by atoms with E-state index >= 15 is 0 Å². The second-order valence-corrected chi connectivity index (χ2v) is 2.47. The van der Waals surface area contributed by atoms with Gasteiger partial charge in [0.15, 0.2) is 0 Å². The molecule has 0 bridgehead atoms. The van der Waals surface area contributed by atoms with Gasteiger partial charge >= 0.3 is 0 Å². The van der Waals surface area contributed by atoms with Crippen LogP contribution in [-0.4, -0.2) is 21.4 Å². The number of aryl methyl sites for hydroxylation is 3. The van der Waals surface area contributed by atoms with E-state index in [9.17, 15) is 4.39 Å². The molecular weight excluding hydrogens is 145 g/mol. The first-order valence-corrected chi connectivity index (χ1v) is 3.68. The van der Waals surface area contributed by atoms with E-state index in [0.29, 0.717) is 13.0 Å². The summed E-state index contributed by atoms with van der Waals surface area (Å²) in [5.41, 5.74) is 0. The fourth-order valence-electron chi connectivity index (χ4n) is 0.983. The Morgan fingerprint density at radius 1 is 1.45 bits per heavy atom. The molecule has 3 nitrogen and oxygen atoms in total. The fraction of sp³-hybridized carbons (Fsp3) is 0.714. The topological polar surface area (TPSA) is 30.7 Å². The number of halogens is 1. The van der Waals surface area contributed by atoms with E-state index in [1.807, 2.05) is 13.8 Å². The van der Waals surface area contributed by atoms with E-state index in [2.05, 4.69) is 10.1 Å². The van der Waals surface area contributed by atoms with E-state index in [1.165, 1.54) is 0 Å². The van der Waals surface area contributed by atoms with Crippen molar-refractivity contribution in [3.05, 3.63) is 11.6 Å². The minimum atomic E-state index is -0.293. The van der Waals surface area contributed by atoms with Crippen molar-refractivity contribution in [1.29, 1.82) is 0 Å². The van der Waals surface area contributed by atoms with Crippen LogP contribution in [0.2, 0.25) is 0 Å². The molecule has 0 saturated carbocycles. The maximum atomic E-state index is 11.8. The first-order valence-electron chi connectivity index (χ1n) is 3.68. The van der Waals surface area contributed by atoms with Crippen molar-refractivity contribution in [1.82, 2.24) is 14.8 Å². The van der Waals surface area contributed by atoms with Gasteiger partial charge in [-0.2, -0.15) is 5.10 Å². The van der Waals surface area contributed by atoms with Gasteiger partial charge in [-0.25, -0.2) is 4.98 Å². The van der Waals surface area contributed by atoms with Gasteiger partial charge < -0.3 is 0 Å². The summed E-state index contributed by atoms with van der Waals surface area (Å²) < 4.78 is 13.5. The van der Waals surface area contributed by atoms with Crippen LogP contribution in [0.3, 0.4) is 0 Å². The minimum absolute atomic E-state index is 0.293. The lowest BCUT2D eigenvalue weighted by Gasteiger charge is -1.98. The first-order chi connectivity index (χ1) is 5.24. The molecule has 1 aromatic heterocycles. The molecule has 0 unspecified atom stereocenters. The van der Waals surface area contributed by atoms with Crippen molar-refractivity contribution < 1.29 is 4.39 Å². The summed E-state index contributed by atoms with van der Waals surface area (Å²) in [6, 6.07) is 0. The maximum Gasteiger partial charge on any atom is 0.147 e. The van der Waals surface area contributed by atoms with Crippen LogP contribution >= 0.6 is 0 Å². The maximum absolute atomic E-state index is 11.8. The molecule has 62 valence electrons. The molecule has 0 aliphatic rings. The van der Waals surface area contributed by atoms with Gasteiger partial charge in [-0.1, -0.05) is 0 Å². The van der Waals surface area contributed by atoms with E-state index < -0.39 is 0 Å². The standard InChI is InChI=1S/C7H12FN3/c1-6-9-7(2)11(10-6)5-3-4-8/h3-5H2,1-2H3. The number of nitrogens with zero attached hydrogens (tertiary/aromatic N) is 3. The third-order valence-corrected chi connectivity index (χ3v) is 1.47. The van der Waals surface area contributed by atoms with Gasteiger partial charge in [-0.3, -0.25) is 9.07 Å². The Balaban J connectivity index is 2.62. The van der Waals surface area contributed by atoms with Crippen molar-refractivity contribution in [2.45, 2.75) is 26.8 Å². The summed E-state index contributed by atoms with van der Waals surface area (Å²) in [6.07, 6.45) is 0.518. The van der Waals surface area contributed by atoms with Crippen LogP contribution in [0.1, 0.15) is 18.1 Å². The van der Waals surface area contributed by atoms with Gasteiger partial charge in [0, 0.05) is 6.54 Å². The van der Waals surface area contributed by atoms with Gasteiger partial charge in [-0.15, -0.1) is 0 Å². The van der Waals surface area contributed by atoms with Crippen LogP contribution < -0.4 is 0 Å². The van der Waals surface area contributed by atoms with Gasteiger partial charge in [0.25, 0.3) is 0 Å². The summed E-state index contributed by atoms with van der Waals surface area (Å²) in [5.74, 6) is 1.61. The smallest absolute Gasteiger partial charge is 0.147 e. The monoisotopic (exact) mass is 157 g/mol. The molecule has 11 heavy (non-hydrogen) atoms. The molecule has 0 aromatic carbocycles. The number of alkyl halides is 1. The Labute approximate surface area is 65.2 Å². The van der Waals surface area contributed by atoms with Crippen molar-refractivity contribution >= 4 is 0 Å². The number of hydrogen-bond acceptors (Lipinski definition) is 2. The molecule has 0 N–H and O–H groups in total. The van der Waals surface area contributed by atoms with Crippen LogP contribution in [0, 0.1) is 13.8 Å². The summed E-state index contributed by atoms with van der Waals surface area (Å²) >= 11 is 0. The van der Waals surface area contributed by atoms with Crippen molar-refractivity contribution in [2.75, 3.05) is 6.67 Å². The molecule has 0 fully saturated rings. The van der Waals surface area contributed by atoms with E-state index in [4.69, 9.17) is 0 Å². The largest absolute Gasteiger partial charge is 0.251 e. The zero-order valence-electron chi connectivity index (χ0n) is 6.84. The lowest BCUT2D eigenvalue weighted by atomic mass is 10.5. The molecule has 0 saturated heterocycles. The summed E-state index contributed by atoms with van der Waals surface area (Å²) in [6.45, 7) is 4.04. The first kappa shape index (κ1) is 8.17. The molecule has 4 heteroatoms. The number of aromatic nitrogens is 3. The molecule has 0 atom stereocenters. The average molecular weight is 157 g/mol. The molecule has 0 amide bonds. The highest BCUT2D eigenvalue weighted by molar-refractivity contribution is 4.87. The van der Waals surface area contributed by atoms with Crippen molar-refractivity contribution in [3.63, 3.8) is 0 Å². The Kier molecular flexibility index (Phi) is 2.57. The molecular formula is C7H12FN3. The normalized spacial score (nSPS) is 10.5. The molecule has 1 rings (SSSR count). The highest BCUT2D eigenvalue weighted by Crippen LogP contribution is 1.97. The van der Waals surface area contributed by atoms with Crippen LogP contribution in [-0.2, 0) is 6.54 Å². The Hall–Kier alpha value is -0.930. The van der Waals surface area contributed by atoms with Crippen molar-refractivity contribution in [2.24, 2.45) is 0 Å². The average Bonchev–Trinajstić information content (AvgIpc) is 2.26. The third kappa shape index (κ3) is 2.00. The third-order valence-electron chi connectivity index (χ3n) is 1.47. The summed E-state index contributed by atoms with van der Waals surface area (Å²) in [5, 5.41) is 4.09. The van der Waals surface area contributed by atoms with Crippen molar-refractivity contribution in [3.8, 4) is 0 Å². The van der Waals surface area contributed by atoms with Gasteiger partial charge in [0.05, 0.1) is 6.67 Å². The van der Waals surface area contributed by atoms with Crippen LogP contribution in [0.25, 0.3) is 0 Å². The molecule has 0 spiro atoms. The summed E-state index contributed by atoms with van der Waals surface area (Å²) in [4.78, 5) is 4.09. The number of rotatable bonds is 3. The second kappa shape index (κ2) is 3.46. The minimum Gasteiger partial charge on any atom is -0.251 e. The van der Waals surface area contributed by atoms with E-state index in [-0.39, 0.29) is 6.67 Å². The molecule has 1 heterocycles. The van der Waals surface area contributed by atoms with Gasteiger partial charge in [0.2, 0.25) is 0 Å².